The van der Waals surface area contributed by atoms with E-state index in [0.717, 1.165) is 77.0 Å². The van der Waals surface area contributed by atoms with E-state index in [0.29, 0.717) is 50.9 Å². The maximum Gasteiger partial charge on any atom is 0.235 e. The molecule has 274 valence electrons. The Balaban J connectivity index is 1.06. The first-order chi connectivity index (χ1) is 25.7. The highest BCUT2D eigenvalue weighted by atomic mass is 32.1. The summed E-state index contributed by atoms with van der Waals surface area (Å²) in [6.45, 7) is 9.40. The number of benzene rings is 2. The molecule has 2 saturated carbocycles. The van der Waals surface area contributed by atoms with Gasteiger partial charge in [0, 0.05) is 87.6 Å². The molecule has 6 aromatic rings. The number of anilines is 2. The van der Waals surface area contributed by atoms with Crippen molar-refractivity contribution in [3.8, 4) is 22.0 Å². The third kappa shape index (κ3) is 5.54. The summed E-state index contributed by atoms with van der Waals surface area (Å²) in [5.41, 5.74) is 2.42. The van der Waals surface area contributed by atoms with E-state index in [1.807, 2.05) is 24.5 Å². The van der Waals surface area contributed by atoms with Crippen LogP contribution in [-0.2, 0) is 0 Å². The van der Waals surface area contributed by atoms with E-state index in [1.165, 1.54) is 28.0 Å². The fourth-order valence-electron chi connectivity index (χ4n) is 8.07. The molecule has 4 fully saturated rings. The number of hydrogen-bond acceptors (Lipinski definition) is 10. The summed E-state index contributed by atoms with van der Waals surface area (Å²) in [6, 6.07) is 6.82. The highest BCUT2D eigenvalue weighted by molar-refractivity contribution is 7.19. The number of hydrogen-bond donors (Lipinski definition) is 0. The largest absolute Gasteiger partial charge is 0.367 e. The summed E-state index contributed by atoms with van der Waals surface area (Å²) >= 11 is 1.19. The van der Waals surface area contributed by atoms with Crippen LogP contribution in [0, 0.1) is 11.6 Å². The van der Waals surface area contributed by atoms with Crippen LogP contribution in [0.25, 0.3) is 48.7 Å². The molecule has 0 unspecified atom stereocenters. The van der Waals surface area contributed by atoms with E-state index >= 15 is 8.78 Å². The predicted octanol–water partition coefficient (Wildman–Crippen LogP) is 4.99. The minimum Gasteiger partial charge on any atom is -0.367 e. The average molecular weight is 739 g/mol. The minimum absolute atomic E-state index is 0.192. The van der Waals surface area contributed by atoms with E-state index in [9.17, 15) is 9.59 Å². The highest BCUT2D eigenvalue weighted by Crippen LogP contribution is 2.41. The van der Waals surface area contributed by atoms with E-state index in [4.69, 9.17) is 5.10 Å². The summed E-state index contributed by atoms with van der Waals surface area (Å²) in [7, 11) is 2.06. The number of halogens is 2. The van der Waals surface area contributed by atoms with Crippen LogP contribution < -0.4 is 20.7 Å². The van der Waals surface area contributed by atoms with Crippen molar-refractivity contribution in [1.29, 1.82) is 0 Å². The third-order valence-electron chi connectivity index (χ3n) is 11.5. The first-order valence-corrected chi connectivity index (χ1v) is 19.5. The molecule has 2 aliphatic carbocycles. The molecule has 0 amide bonds. The lowest BCUT2D eigenvalue weighted by molar-refractivity contribution is 0.270. The fraction of sp³-hybridized carbons (Fsp3) is 0.447. The molecule has 15 heteroatoms. The number of likely N-dealkylation sites (N-methyl/N-ethyl adjacent to an activating group) is 2. The van der Waals surface area contributed by atoms with Crippen molar-refractivity contribution in [3.05, 3.63) is 68.7 Å². The minimum atomic E-state index is -0.424. The zero-order valence-corrected chi connectivity index (χ0v) is 30.6. The number of nitrogens with zero attached hydrogens (tertiary/aromatic N) is 10. The van der Waals surface area contributed by atoms with Crippen LogP contribution >= 0.6 is 11.3 Å². The maximum absolute atomic E-state index is 15.8. The van der Waals surface area contributed by atoms with Crippen molar-refractivity contribution in [2.75, 3.05) is 75.8 Å². The molecule has 12 nitrogen and oxygen atoms in total. The number of piperazine rings is 2. The van der Waals surface area contributed by atoms with Crippen molar-refractivity contribution >= 4 is 49.5 Å². The molecule has 0 N–H and O–H groups in total. The normalized spacial score (nSPS) is 19.0. The molecule has 2 aliphatic heterocycles. The van der Waals surface area contributed by atoms with E-state index in [-0.39, 0.29) is 39.7 Å². The van der Waals surface area contributed by atoms with E-state index in [2.05, 4.69) is 52.9 Å². The van der Waals surface area contributed by atoms with Gasteiger partial charge in [-0.05, 0) is 63.5 Å². The number of pyridine rings is 2. The molecule has 6 heterocycles. The zero-order chi connectivity index (χ0) is 36.1. The highest BCUT2D eigenvalue weighted by Gasteiger charge is 2.31. The van der Waals surface area contributed by atoms with Gasteiger partial charge in [-0.2, -0.15) is 9.61 Å². The van der Waals surface area contributed by atoms with Crippen molar-refractivity contribution in [1.82, 2.24) is 38.7 Å². The molecule has 0 atom stereocenters. The molecule has 0 spiro atoms. The Hall–Kier alpha value is -4.73. The Kier molecular flexibility index (Phi) is 7.71. The molecule has 0 radical (unpaired) electrons. The molecular weight excluding hydrogens is 699 g/mol. The third-order valence-corrected chi connectivity index (χ3v) is 12.5. The van der Waals surface area contributed by atoms with E-state index in [1.54, 1.807) is 0 Å². The first-order valence-electron chi connectivity index (χ1n) is 18.7. The van der Waals surface area contributed by atoms with Crippen LogP contribution in [0.5, 0.6) is 0 Å². The van der Waals surface area contributed by atoms with Gasteiger partial charge in [-0.3, -0.25) is 9.59 Å². The second-order valence-corrected chi connectivity index (χ2v) is 16.0. The van der Waals surface area contributed by atoms with Crippen LogP contribution in [0.3, 0.4) is 0 Å². The smallest absolute Gasteiger partial charge is 0.235 e. The van der Waals surface area contributed by atoms with Gasteiger partial charge >= 0.3 is 0 Å². The summed E-state index contributed by atoms with van der Waals surface area (Å²) in [6.07, 6.45) is 7.52. The lowest BCUT2D eigenvalue weighted by Gasteiger charge is -2.35. The first kappa shape index (κ1) is 32.9. The van der Waals surface area contributed by atoms with Gasteiger partial charge in [0.2, 0.25) is 10.4 Å². The van der Waals surface area contributed by atoms with Gasteiger partial charge in [-0.1, -0.05) is 18.3 Å². The molecule has 4 aliphatic rings. The summed E-state index contributed by atoms with van der Waals surface area (Å²) in [5.74, 6) is -0.601. The topological polar surface area (TPSA) is 100 Å². The lowest BCUT2D eigenvalue weighted by atomic mass is 10.1. The number of aromatic nitrogens is 6. The SMILES string of the molecule is CCN1CCN(c2cc3c(cc2F)c(=O)c(-c2nn4c(-c5cn(C6CC6)c6cc(N7CCN(C)CC7)c(F)cc6c5=O)nnc4s2)cn3C2CC2)CC1. The van der Waals surface area contributed by atoms with E-state index < -0.39 is 11.6 Å². The van der Waals surface area contributed by atoms with Gasteiger partial charge in [-0.15, -0.1) is 10.2 Å². The van der Waals surface area contributed by atoms with Crippen molar-refractivity contribution < 1.29 is 8.78 Å². The van der Waals surface area contributed by atoms with Gasteiger partial charge in [0.1, 0.15) is 11.6 Å². The van der Waals surface area contributed by atoms with Crippen molar-refractivity contribution in [3.63, 3.8) is 0 Å². The van der Waals surface area contributed by atoms with Crippen LogP contribution in [0.1, 0.15) is 44.7 Å². The number of rotatable bonds is 7. The standard InChI is InChI=1S/C38H40F2N10O2S/c1-3-45-10-14-47(15-11-45)33-19-31-25(17-29(33)40)35(52)27(21-49(31)23-6-7-23)37-43-50-36(41-42-38(50)53-37)26-20-48(22-4-5-22)30-18-32(28(39)16-24(30)34(26)51)46-12-8-44(2)9-13-46/h16-23H,3-15H2,1-2H3. The predicted molar refractivity (Wildman–Crippen MR) is 204 cm³/mol. The van der Waals surface area contributed by atoms with Crippen LogP contribution in [0.15, 0.2) is 46.2 Å². The Morgan fingerprint density at radius 2 is 1.25 bits per heavy atom. The van der Waals surface area contributed by atoms with Gasteiger partial charge in [0.05, 0.1) is 33.5 Å². The van der Waals surface area contributed by atoms with Crippen molar-refractivity contribution in [2.24, 2.45) is 0 Å². The van der Waals surface area contributed by atoms with Crippen molar-refractivity contribution in [2.45, 2.75) is 44.7 Å². The van der Waals surface area contributed by atoms with Crippen LogP contribution in [0.2, 0.25) is 0 Å². The average Bonchev–Trinajstić information content (AvgIpc) is 4.10. The molecule has 53 heavy (non-hydrogen) atoms. The summed E-state index contributed by atoms with van der Waals surface area (Å²) in [5, 5.41) is 14.5. The Bertz CT molecular complexity index is 2550. The molecule has 0 bridgehead atoms. The Morgan fingerprint density at radius 1 is 0.717 bits per heavy atom. The van der Waals surface area contributed by atoms with Gasteiger partial charge in [-0.25, -0.2) is 8.78 Å². The molecule has 10 rings (SSSR count). The quantitative estimate of drug-likeness (QED) is 0.224. The fourth-order valence-corrected chi connectivity index (χ4v) is 8.92. The maximum atomic E-state index is 15.8. The Morgan fingerprint density at radius 3 is 1.79 bits per heavy atom. The zero-order valence-electron chi connectivity index (χ0n) is 29.8. The second-order valence-electron chi connectivity index (χ2n) is 15.0. The molecule has 4 aromatic heterocycles. The lowest BCUT2D eigenvalue weighted by Crippen LogP contribution is -2.46. The number of fused-ring (bicyclic) bond motifs is 3. The van der Waals surface area contributed by atoms with Gasteiger partial charge < -0.3 is 28.7 Å². The molecular formula is C38H40F2N10O2S. The second kappa shape index (κ2) is 12.4. The van der Waals surface area contributed by atoms with Crippen LogP contribution in [-0.4, -0.2) is 105 Å². The van der Waals surface area contributed by atoms with Gasteiger partial charge in [0.25, 0.3) is 0 Å². The van der Waals surface area contributed by atoms with Crippen LogP contribution in [0.4, 0.5) is 20.2 Å². The molecule has 2 aromatic carbocycles. The van der Waals surface area contributed by atoms with Gasteiger partial charge in [0.15, 0.2) is 16.3 Å². The Labute approximate surface area is 307 Å². The monoisotopic (exact) mass is 738 g/mol. The summed E-state index contributed by atoms with van der Waals surface area (Å²) < 4.78 is 37.2. The molecule has 2 saturated heterocycles. The summed E-state index contributed by atoms with van der Waals surface area (Å²) in [4.78, 5) is 37.4.